The number of nitrogens with one attached hydrogen (secondary N) is 2. The van der Waals surface area contributed by atoms with Gasteiger partial charge in [-0.15, -0.1) is 0 Å². The van der Waals surface area contributed by atoms with Crippen LogP contribution in [0.25, 0.3) is 0 Å². The molecular weight excluding hydrogens is 416 g/mol. The van der Waals surface area contributed by atoms with Crippen molar-refractivity contribution < 1.29 is 4.74 Å². The van der Waals surface area contributed by atoms with Crippen molar-refractivity contribution in [3.05, 3.63) is 78.4 Å². The third-order valence-corrected chi connectivity index (χ3v) is 5.94. The summed E-state index contributed by atoms with van der Waals surface area (Å²) < 4.78 is 5.84. The number of hydrogen-bond acceptors (Lipinski definition) is 4. The smallest absolute Gasteiger partial charge is 0.175 e. The van der Waals surface area contributed by atoms with Gasteiger partial charge in [0.2, 0.25) is 0 Å². The lowest BCUT2D eigenvalue weighted by Crippen LogP contribution is -2.46. The van der Waals surface area contributed by atoms with Crippen LogP contribution in [-0.4, -0.2) is 42.7 Å². The summed E-state index contributed by atoms with van der Waals surface area (Å²) in [6, 6.07) is 24.0. The topological polar surface area (TPSA) is 39.8 Å². The molecule has 0 unspecified atom stereocenters. The summed E-state index contributed by atoms with van der Waals surface area (Å²) >= 11 is 5.53. The number of likely N-dealkylation sites (N-methyl/N-ethyl adjacent to an activating group) is 1. The van der Waals surface area contributed by atoms with E-state index in [0.29, 0.717) is 5.11 Å². The van der Waals surface area contributed by atoms with E-state index in [9.17, 15) is 0 Å². The molecular formula is C26H30N4OS. The van der Waals surface area contributed by atoms with Gasteiger partial charge in [-0.1, -0.05) is 25.1 Å². The molecule has 0 aromatic heterocycles. The van der Waals surface area contributed by atoms with E-state index in [1.165, 1.54) is 11.3 Å². The highest BCUT2D eigenvalue weighted by molar-refractivity contribution is 7.80. The summed E-state index contributed by atoms with van der Waals surface area (Å²) in [5.41, 5.74) is 4.38. The second-order valence-electron chi connectivity index (χ2n) is 7.94. The van der Waals surface area contributed by atoms with Crippen molar-refractivity contribution in [1.82, 2.24) is 4.90 Å². The Balaban J connectivity index is 1.32. The number of benzene rings is 3. The van der Waals surface area contributed by atoms with Gasteiger partial charge in [0, 0.05) is 43.2 Å². The molecule has 5 nitrogen and oxygen atoms in total. The molecule has 0 saturated carbocycles. The highest BCUT2D eigenvalue weighted by Gasteiger charge is 2.16. The van der Waals surface area contributed by atoms with Crippen LogP contribution < -0.4 is 20.3 Å². The number of rotatable bonds is 6. The first kappa shape index (κ1) is 22.1. The van der Waals surface area contributed by atoms with E-state index in [1.807, 2.05) is 54.6 Å². The molecule has 1 saturated heterocycles. The summed E-state index contributed by atoms with van der Waals surface area (Å²) in [7, 11) is 0. The predicted molar refractivity (Wildman–Crippen MR) is 138 cm³/mol. The molecule has 0 bridgehead atoms. The molecule has 32 heavy (non-hydrogen) atoms. The van der Waals surface area contributed by atoms with E-state index in [0.717, 1.165) is 55.6 Å². The Morgan fingerprint density at radius 2 is 1.56 bits per heavy atom. The SMILES string of the molecule is CCN1CCN(c2ccc(NC(=S)Nc3ccc(Oc4ccccc4)cc3)c(C)c2)CC1. The fourth-order valence-corrected chi connectivity index (χ4v) is 4.05. The molecule has 3 aromatic carbocycles. The molecule has 0 atom stereocenters. The van der Waals surface area contributed by atoms with Crippen molar-refractivity contribution in [3.8, 4) is 11.5 Å². The van der Waals surface area contributed by atoms with Gasteiger partial charge < -0.3 is 25.2 Å². The van der Waals surface area contributed by atoms with Crippen LogP contribution >= 0.6 is 12.2 Å². The molecule has 0 spiro atoms. The Labute approximate surface area is 196 Å². The minimum Gasteiger partial charge on any atom is -0.457 e. The van der Waals surface area contributed by atoms with E-state index >= 15 is 0 Å². The lowest BCUT2D eigenvalue weighted by atomic mass is 10.1. The molecule has 0 radical (unpaired) electrons. The minimum atomic E-state index is 0.564. The third-order valence-electron chi connectivity index (χ3n) is 5.73. The van der Waals surface area contributed by atoms with Gasteiger partial charge in [-0.2, -0.15) is 0 Å². The van der Waals surface area contributed by atoms with Gasteiger partial charge in [-0.3, -0.25) is 0 Å². The summed E-state index contributed by atoms with van der Waals surface area (Å²) in [6.07, 6.45) is 0. The number of ether oxygens (including phenoxy) is 1. The Bertz CT molecular complexity index is 1030. The summed E-state index contributed by atoms with van der Waals surface area (Å²) in [6.45, 7) is 9.87. The van der Waals surface area contributed by atoms with Crippen molar-refractivity contribution in [2.45, 2.75) is 13.8 Å². The molecule has 1 heterocycles. The zero-order chi connectivity index (χ0) is 22.3. The summed E-state index contributed by atoms with van der Waals surface area (Å²) in [5.74, 6) is 1.60. The number of hydrogen-bond donors (Lipinski definition) is 2. The van der Waals surface area contributed by atoms with E-state index in [2.05, 4.69) is 52.5 Å². The van der Waals surface area contributed by atoms with Gasteiger partial charge in [-0.25, -0.2) is 0 Å². The Morgan fingerprint density at radius 1 is 0.875 bits per heavy atom. The van der Waals surface area contributed by atoms with Crippen LogP contribution in [0.3, 0.4) is 0 Å². The maximum atomic E-state index is 5.84. The van der Waals surface area contributed by atoms with Crippen LogP contribution in [0, 0.1) is 6.92 Å². The van der Waals surface area contributed by atoms with Gasteiger partial charge in [0.15, 0.2) is 5.11 Å². The molecule has 1 aliphatic rings. The normalized spacial score (nSPS) is 14.1. The van der Waals surface area contributed by atoms with E-state index in [-0.39, 0.29) is 0 Å². The molecule has 0 aliphatic carbocycles. The molecule has 3 aromatic rings. The van der Waals surface area contributed by atoms with Gasteiger partial charge >= 0.3 is 0 Å². The van der Waals surface area contributed by atoms with Gasteiger partial charge in [0.1, 0.15) is 11.5 Å². The maximum Gasteiger partial charge on any atom is 0.175 e. The first-order chi connectivity index (χ1) is 15.6. The molecule has 2 N–H and O–H groups in total. The Hall–Kier alpha value is -3.09. The minimum absolute atomic E-state index is 0.564. The van der Waals surface area contributed by atoms with Gasteiger partial charge in [0.25, 0.3) is 0 Å². The maximum absolute atomic E-state index is 5.84. The van der Waals surface area contributed by atoms with Crippen molar-refractivity contribution in [1.29, 1.82) is 0 Å². The standard InChI is InChI=1S/C26H30N4OS/c1-3-29-15-17-30(18-16-29)22-11-14-25(20(2)19-22)28-26(32)27-21-9-12-24(13-10-21)31-23-7-5-4-6-8-23/h4-14,19H,3,15-18H2,1-2H3,(H2,27,28,32). The predicted octanol–water partition coefficient (Wildman–Crippen LogP) is 5.74. The van der Waals surface area contributed by atoms with Crippen LogP contribution in [0.5, 0.6) is 11.5 Å². The number of anilines is 3. The fraction of sp³-hybridized carbons (Fsp3) is 0.269. The average molecular weight is 447 g/mol. The average Bonchev–Trinajstić information content (AvgIpc) is 2.82. The molecule has 1 fully saturated rings. The lowest BCUT2D eigenvalue weighted by Gasteiger charge is -2.35. The molecule has 6 heteroatoms. The van der Waals surface area contributed by atoms with Gasteiger partial charge in [0.05, 0.1) is 0 Å². The van der Waals surface area contributed by atoms with E-state index < -0.39 is 0 Å². The molecule has 166 valence electrons. The van der Waals surface area contributed by atoms with Crippen LogP contribution in [-0.2, 0) is 0 Å². The van der Waals surface area contributed by atoms with Crippen LogP contribution in [0.1, 0.15) is 12.5 Å². The number of nitrogens with zero attached hydrogens (tertiary/aromatic N) is 2. The van der Waals surface area contributed by atoms with E-state index in [4.69, 9.17) is 17.0 Å². The van der Waals surface area contributed by atoms with E-state index in [1.54, 1.807) is 0 Å². The van der Waals surface area contributed by atoms with Gasteiger partial charge in [-0.05, 0) is 85.8 Å². The first-order valence-electron chi connectivity index (χ1n) is 11.1. The quantitative estimate of drug-likeness (QED) is 0.471. The highest BCUT2D eigenvalue weighted by Crippen LogP contribution is 2.25. The third kappa shape index (κ3) is 5.78. The molecule has 4 rings (SSSR count). The summed E-state index contributed by atoms with van der Waals surface area (Å²) in [5, 5.41) is 7.13. The zero-order valence-electron chi connectivity index (χ0n) is 18.7. The van der Waals surface area contributed by atoms with Crippen molar-refractivity contribution in [2.75, 3.05) is 48.3 Å². The molecule has 1 aliphatic heterocycles. The Kier molecular flexibility index (Phi) is 7.24. The second kappa shape index (κ2) is 10.5. The monoisotopic (exact) mass is 446 g/mol. The summed E-state index contributed by atoms with van der Waals surface area (Å²) in [4.78, 5) is 4.95. The van der Waals surface area contributed by atoms with Crippen LogP contribution in [0.4, 0.5) is 17.1 Å². The molecule has 0 amide bonds. The Morgan fingerprint density at radius 3 is 2.22 bits per heavy atom. The number of thiocarbonyl (C=S) groups is 1. The largest absolute Gasteiger partial charge is 0.457 e. The van der Waals surface area contributed by atoms with Crippen LogP contribution in [0.2, 0.25) is 0 Å². The number of para-hydroxylation sites is 1. The van der Waals surface area contributed by atoms with Crippen molar-refractivity contribution >= 4 is 34.4 Å². The van der Waals surface area contributed by atoms with Crippen molar-refractivity contribution in [3.63, 3.8) is 0 Å². The highest BCUT2D eigenvalue weighted by atomic mass is 32.1. The number of piperazine rings is 1. The van der Waals surface area contributed by atoms with Crippen LogP contribution in [0.15, 0.2) is 72.8 Å². The fourth-order valence-electron chi connectivity index (χ4n) is 3.82. The lowest BCUT2D eigenvalue weighted by molar-refractivity contribution is 0.271. The number of aryl methyl sites for hydroxylation is 1. The second-order valence-corrected chi connectivity index (χ2v) is 8.35. The van der Waals surface area contributed by atoms with Crippen molar-refractivity contribution in [2.24, 2.45) is 0 Å². The first-order valence-corrected chi connectivity index (χ1v) is 11.5. The zero-order valence-corrected chi connectivity index (χ0v) is 19.5.